The Hall–Kier alpha value is -3.50. The highest BCUT2D eigenvalue weighted by molar-refractivity contribution is 5.96. The van der Waals surface area contributed by atoms with Crippen LogP contribution in [0.15, 0.2) is 30.3 Å². The number of carbonyl (C=O) groups is 3. The third-order valence-electron chi connectivity index (χ3n) is 4.56. The van der Waals surface area contributed by atoms with E-state index in [1.165, 1.54) is 0 Å². The average molecular weight is 462 g/mol. The van der Waals surface area contributed by atoms with E-state index in [0.717, 1.165) is 0 Å². The van der Waals surface area contributed by atoms with E-state index < -0.39 is 17.0 Å². The van der Waals surface area contributed by atoms with Gasteiger partial charge in [-0.15, -0.1) is 0 Å². The lowest BCUT2D eigenvalue weighted by Crippen LogP contribution is -2.46. The molecule has 1 aromatic rings. The number of hydrazine groups is 1. The minimum atomic E-state index is -0.848. The van der Waals surface area contributed by atoms with Gasteiger partial charge >= 0.3 is 0 Å². The van der Waals surface area contributed by atoms with Crippen molar-refractivity contribution in [2.75, 3.05) is 6.54 Å². The van der Waals surface area contributed by atoms with Gasteiger partial charge in [-0.1, -0.05) is 49.6 Å². The van der Waals surface area contributed by atoms with Gasteiger partial charge in [0, 0.05) is 31.5 Å². The van der Waals surface area contributed by atoms with Crippen molar-refractivity contribution in [1.29, 1.82) is 5.41 Å². The number of hydrogen-bond acceptors (Lipinski definition) is 6. The van der Waals surface area contributed by atoms with Crippen LogP contribution in [0, 0.1) is 28.0 Å². The number of benzene rings is 1. The topological polar surface area (TPSA) is 166 Å². The molecule has 1 atom stereocenters. The molecule has 5 N–H and O–H groups in total. The summed E-state index contributed by atoms with van der Waals surface area (Å²) in [6, 6.07) is 8.04. The molecule has 33 heavy (non-hydrogen) atoms. The van der Waals surface area contributed by atoms with Crippen LogP contribution >= 0.6 is 0 Å². The molecule has 1 rings (SSSR count). The third kappa shape index (κ3) is 12.8. The minimum Gasteiger partial charge on any atom is -0.352 e. The fraction of sp³-hybridized carbons (Fsp3) is 0.500. The molecule has 0 bridgehead atoms. The molecule has 11 nitrogen and oxygen atoms in total. The van der Waals surface area contributed by atoms with E-state index in [9.17, 15) is 24.5 Å². The number of nitrogens with one attached hydrogen (secondary N) is 5. The number of nitrogens with zero attached hydrogens (tertiary/aromatic N) is 1. The van der Waals surface area contributed by atoms with E-state index in [1.807, 2.05) is 19.9 Å². The number of ketones is 1. The Bertz CT molecular complexity index is 800. The summed E-state index contributed by atoms with van der Waals surface area (Å²) < 4.78 is 0. The molecule has 0 aliphatic heterocycles. The molecule has 0 aliphatic rings. The summed E-state index contributed by atoms with van der Waals surface area (Å²) >= 11 is 0. The van der Waals surface area contributed by atoms with Crippen molar-refractivity contribution in [3.63, 3.8) is 0 Å². The lowest BCUT2D eigenvalue weighted by atomic mass is 10.0. The summed E-state index contributed by atoms with van der Waals surface area (Å²) in [7, 11) is 0. The van der Waals surface area contributed by atoms with Crippen molar-refractivity contribution in [3.05, 3.63) is 52.6 Å². The molecule has 0 saturated carbocycles. The molecule has 0 aromatic heterocycles. The zero-order valence-corrected chi connectivity index (χ0v) is 19.1. The van der Waals surface area contributed by atoms with Crippen LogP contribution in [0.5, 0.6) is 0 Å². The van der Waals surface area contributed by atoms with E-state index in [1.54, 1.807) is 36.2 Å². The molecule has 2 amide bonds. The van der Waals surface area contributed by atoms with Gasteiger partial charge in [-0.3, -0.25) is 19.8 Å². The summed E-state index contributed by atoms with van der Waals surface area (Å²) in [6.07, 6.45) is 2.03. The average Bonchev–Trinajstić information content (AvgIpc) is 2.75. The van der Waals surface area contributed by atoms with Crippen LogP contribution in [0.25, 0.3) is 0 Å². The second-order valence-electron chi connectivity index (χ2n) is 7.92. The zero-order valence-electron chi connectivity index (χ0n) is 19.1. The molecular formula is C22H33N6O5. The second-order valence-corrected chi connectivity index (χ2v) is 7.92. The first-order chi connectivity index (χ1) is 15.7. The van der Waals surface area contributed by atoms with Gasteiger partial charge in [0.05, 0.1) is 0 Å². The van der Waals surface area contributed by atoms with Crippen LogP contribution < -0.4 is 21.4 Å². The summed E-state index contributed by atoms with van der Waals surface area (Å²) in [5, 5.41) is 24.7. The standard InChI is InChI=1S/C22H33N6O5/c1-16(2)13-15-24-21(31)18(10-7-14-25-22(23)27-28(32)33)26-20(30)12-6-11-19(29)17-8-4-3-5-9-17/h3-5,8-9,15-16,18H,6-7,10-14H2,1-2H3,(H,24,31)(H,26,30)(H3,23,25,27)/t18-/m0/s1. The highest BCUT2D eigenvalue weighted by atomic mass is 16.7. The van der Waals surface area contributed by atoms with E-state index >= 15 is 0 Å². The first-order valence-electron chi connectivity index (χ1n) is 10.9. The Kier molecular flexibility index (Phi) is 12.8. The van der Waals surface area contributed by atoms with Crippen LogP contribution in [0.4, 0.5) is 0 Å². The molecular weight excluding hydrogens is 428 g/mol. The van der Waals surface area contributed by atoms with Crippen molar-refractivity contribution in [3.8, 4) is 0 Å². The van der Waals surface area contributed by atoms with E-state index in [-0.39, 0.29) is 43.4 Å². The summed E-state index contributed by atoms with van der Waals surface area (Å²) in [5.41, 5.74) is 2.28. The molecule has 0 fully saturated rings. The Labute approximate surface area is 193 Å². The number of nitro groups is 1. The number of carbonyl (C=O) groups excluding carboxylic acids is 3. The Morgan fingerprint density at radius 1 is 1.12 bits per heavy atom. The number of hydrogen-bond donors (Lipinski definition) is 5. The molecule has 11 heteroatoms. The Morgan fingerprint density at radius 2 is 1.82 bits per heavy atom. The quantitative estimate of drug-likeness (QED) is 0.0664. The van der Waals surface area contributed by atoms with E-state index in [0.29, 0.717) is 30.7 Å². The van der Waals surface area contributed by atoms with Gasteiger partial charge in [-0.2, -0.15) is 0 Å². The molecule has 0 heterocycles. The number of Topliss-reactive ketones (excluding diaryl/α,β-unsaturated/α-hetero) is 1. The fourth-order valence-corrected chi connectivity index (χ4v) is 2.86. The van der Waals surface area contributed by atoms with Gasteiger partial charge in [-0.05, 0) is 31.6 Å². The molecule has 1 aromatic carbocycles. The SMILES string of the molecule is CC(C)C[CH]NC(=O)[C@H](CCCNC(=N)N[N+](=O)[O-])NC(=O)CCCC(=O)c1ccccc1. The summed E-state index contributed by atoms with van der Waals surface area (Å²) in [4.78, 5) is 47.4. The molecule has 0 spiro atoms. The first-order valence-corrected chi connectivity index (χ1v) is 10.9. The number of guanidine groups is 1. The van der Waals surface area contributed by atoms with Gasteiger partial charge in [0.15, 0.2) is 10.8 Å². The van der Waals surface area contributed by atoms with Crippen molar-refractivity contribution < 1.29 is 19.4 Å². The van der Waals surface area contributed by atoms with Crippen LogP contribution in [0.2, 0.25) is 0 Å². The lowest BCUT2D eigenvalue weighted by molar-refractivity contribution is -0.525. The number of rotatable bonds is 15. The highest BCUT2D eigenvalue weighted by Gasteiger charge is 2.20. The van der Waals surface area contributed by atoms with Gasteiger partial charge in [0.1, 0.15) is 6.04 Å². The first kappa shape index (κ1) is 27.5. The predicted octanol–water partition coefficient (Wildman–Crippen LogP) is 1.93. The Morgan fingerprint density at radius 3 is 2.45 bits per heavy atom. The highest BCUT2D eigenvalue weighted by Crippen LogP contribution is 2.08. The van der Waals surface area contributed by atoms with E-state index in [2.05, 4.69) is 16.0 Å². The molecule has 181 valence electrons. The van der Waals surface area contributed by atoms with Gasteiger partial charge in [0.2, 0.25) is 11.8 Å². The molecule has 1 radical (unpaired) electrons. The predicted molar refractivity (Wildman–Crippen MR) is 124 cm³/mol. The third-order valence-corrected chi connectivity index (χ3v) is 4.56. The second kappa shape index (κ2) is 15.3. The van der Waals surface area contributed by atoms with Crippen molar-refractivity contribution in [2.24, 2.45) is 5.92 Å². The van der Waals surface area contributed by atoms with Crippen molar-refractivity contribution in [2.45, 2.75) is 58.4 Å². The maximum atomic E-state index is 12.5. The lowest BCUT2D eigenvalue weighted by Gasteiger charge is -2.19. The Balaban J connectivity index is 2.50. The smallest absolute Gasteiger partial charge is 0.251 e. The summed E-state index contributed by atoms with van der Waals surface area (Å²) in [6.45, 7) is 5.89. The van der Waals surface area contributed by atoms with Crippen LogP contribution in [0.3, 0.4) is 0 Å². The molecule has 0 aliphatic carbocycles. The van der Waals surface area contributed by atoms with Gasteiger partial charge in [0.25, 0.3) is 5.96 Å². The van der Waals surface area contributed by atoms with Gasteiger partial charge < -0.3 is 16.0 Å². The fourth-order valence-electron chi connectivity index (χ4n) is 2.86. The largest absolute Gasteiger partial charge is 0.352 e. The normalized spacial score (nSPS) is 11.4. The molecule has 0 saturated heterocycles. The van der Waals surface area contributed by atoms with Crippen LogP contribution in [-0.4, -0.2) is 41.2 Å². The van der Waals surface area contributed by atoms with E-state index in [4.69, 9.17) is 5.41 Å². The van der Waals surface area contributed by atoms with Crippen LogP contribution in [-0.2, 0) is 9.59 Å². The minimum absolute atomic E-state index is 0.0437. The van der Waals surface area contributed by atoms with Crippen molar-refractivity contribution >= 4 is 23.6 Å². The zero-order chi connectivity index (χ0) is 24.6. The van der Waals surface area contributed by atoms with Gasteiger partial charge in [-0.25, -0.2) is 10.1 Å². The van der Waals surface area contributed by atoms with Crippen LogP contribution in [0.1, 0.15) is 62.7 Å². The van der Waals surface area contributed by atoms with Crippen molar-refractivity contribution in [1.82, 2.24) is 21.4 Å². The number of amides is 2. The monoisotopic (exact) mass is 461 g/mol. The maximum Gasteiger partial charge on any atom is 0.251 e. The summed E-state index contributed by atoms with van der Waals surface area (Å²) in [5.74, 6) is -0.834. The maximum absolute atomic E-state index is 12.5. The molecule has 0 unspecified atom stereocenters.